The molecule has 0 spiro atoms. The molecule has 1 aliphatic carbocycles. The van der Waals surface area contributed by atoms with Gasteiger partial charge in [0.2, 0.25) is 0 Å². The third-order valence-electron chi connectivity index (χ3n) is 5.73. The van der Waals surface area contributed by atoms with E-state index < -0.39 is 24.0 Å². The normalized spacial score (nSPS) is 17.1. The summed E-state index contributed by atoms with van der Waals surface area (Å²) < 4.78 is 5.74. The first-order chi connectivity index (χ1) is 12.4. The van der Waals surface area contributed by atoms with Crippen molar-refractivity contribution in [3.63, 3.8) is 0 Å². The second-order valence-electron chi connectivity index (χ2n) is 7.00. The minimum absolute atomic E-state index is 0.148. The molecule has 0 aliphatic heterocycles. The van der Waals surface area contributed by atoms with Gasteiger partial charge in [-0.3, -0.25) is 9.59 Å². The van der Waals surface area contributed by atoms with Crippen LogP contribution in [0.1, 0.15) is 50.8 Å². The number of carbonyl (C=O) groups is 2. The van der Waals surface area contributed by atoms with Crippen LogP contribution in [0.5, 0.6) is 0 Å². The molecule has 140 valence electrons. The highest BCUT2D eigenvalue weighted by molar-refractivity contribution is 6.35. The summed E-state index contributed by atoms with van der Waals surface area (Å²) in [5, 5.41) is 10.7. The highest BCUT2D eigenvalue weighted by Crippen LogP contribution is 2.41. The lowest BCUT2D eigenvalue weighted by atomic mass is 9.73. The number of hydrogen-bond acceptors (Lipinski definition) is 3. The molecular formula is C20H24ClNO4. The molecule has 5 nitrogen and oxygen atoms in total. The average Bonchev–Trinajstić information content (AvgIpc) is 2.98. The van der Waals surface area contributed by atoms with E-state index in [1.165, 1.54) is 5.56 Å². The summed E-state index contributed by atoms with van der Waals surface area (Å²) in [6.07, 6.45) is 3.28. The smallest absolute Gasteiger partial charge is 0.317 e. The highest BCUT2D eigenvalue weighted by Gasteiger charge is 2.42. The van der Waals surface area contributed by atoms with Crippen LogP contribution in [0.2, 0.25) is 5.02 Å². The number of aliphatic carboxylic acids is 1. The number of esters is 1. The van der Waals surface area contributed by atoms with Crippen LogP contribution < -0.4 is 0 Å². The Morgan fingerprint density at radius 2 is 2.08 bits per heavy atom. The number of carboxylic acid groups (broad SMARTS) is 1. The molecule has 1 aromatic carbocycles. The molecule has 1 unspecified atom stereocenters. The van der Waals surface area contributed by atoms with Crippen molar-refractivity contribution in [1.82, 2.24) is 4.98 Å². The van der Waals surface area contributed by atoms with Gasteiger partial charge in [0.15, 0.2) is 0 Å². The number of aromatic nitrogens is 1. The first-order valence-corrected chi connectivity index (χ1v) is 9.49. The van der Waals surface area contributed by atoms with Gasteiger partial charge >= 0.3 is 11.9 Å². The van der Waals surface area contributed by atoms with Crippen LogP contribution in [0.4, 0.5) is 0 Å². The maximum atomic E-state index is 12.0. The monoisotopic (exact) mass is 377 g/mol. The molecule has 1 heterocycles. The Morgan fingerprint density at radius 3 is 2.73 bits per heavy atom. The number of H-pyrrole nitrogens is 1. The zero-order chi connectivity index (χ0) is 18.9. The molecular weight excluding hydrogens is 354 g/mol. The maximum Gasteiger partial charge on any atom is 0.317 e. The van der Waals surface area contributed by atoms with Crippen LogP contribution in [-0.2, 0) is 27.2 Å². The molecule has 2 N–H and O–H groups in total. The molecule has 1 aliphatic rings. The summed E-state index contributed by atoms with van der Waals surface area (Å²) in [6, 6.07) is 5.91. The number of halogens is 1. The number of ether oxygens (including phenoxy) is 1. The minimum atomic E-state index is -1.16. The molecule has 1 aromatic heterocycles. The van der Waals surface area contributed by atoms with Gasteiger partial charge in [0.05, 0.1) is 10.5 Å². The Labute approximate surface area is 157 Å². The number of benzene rings is 1. The predicted octanol–water partition coefficient (Wildman–Crippen LogP) is 4.50. The quantitative estimate of drug-likeness (QED) is 0.573. The van der Waals surface area contributed by atoms with Crippen LogP contribution >= 0.6 is 11.6 Å². The molecule has 1 atom stereocenters. The molecule has 26 heavy (non-hydrogen) atoms. The molecule has 0 saturated heterocycles. The second kappa shape index (κ2) is 7.31. The zero-order valence-corrected chi connectivity index (χ0v) is 15.9. The number of carboxylic acids is 1. The van der Waals surface area contributed by atoms with Crippen molar-refractivity contribution >= 4 is 34.4 Å². The number of aromatic amines is 1. The van der Waals surface area contributed by atoms with Crippen LogP contribution in [-0.4, -0.2) is 27.6 Å². The number of fused-ring (bicyclic) bond motifs is 3. The molecule has 0 saturated carbocycles. The molecule has 3 rings (SSSR count). The Bertz CT molecular complexity index is 838. The van der Waals surface area contributed by atoms with Crippen LogP contribution in [0.15, 0.2) is 18.2 Å². The second-order valence-corrected chi connectivity index (χ2v) is 7.41. The number of rotatable bonds is 6. The van der Waals surface area contributed by atoms with Crippen molar-refractivity contribution in [2.45, 2.75) is 58.0 Å². The Morgan fingerprint density at radius 1 is 1.35 bits per heavy atom. The first kappa shape index (κ1) is 18.8. The van der Waals surface area contributed by atoms with Crippen molar-refractivity contribution < 1.29 is 19.4 Å². The van der Waals surface area contributed by atoms with Crippen LogP contribution in [0.3, 0.4) is 0 Å². The van der Waals surface area contributed by atoms with Gasteiger partial charge in [0.1, 0.15) is 12.0 Å². The van der Waals surface area contributed by atoms with Crippen molar-refractivity contribution in [3.8, 4) is 0 Å². The van der Waals surface area contributed by atoms with Gasteiger partial charge in [-0.05, 0) is 43.7 Å². The van der Waals surface area contributed by atoms with E-state index in [2.05, 4.69) is 11.1 Å². The molecule has 0 fully saturated rings. The van der Waals surface area contributed by atoms with E-state index in [0.29, 0.717) is 17.9 Å². The molecule has 6 heteroatoms. The Kier molecular flexibility index (Phi) is 5.28. The van der Waals surface area contributed by atoms with Crippen molar-refractivity contribution in [2.75, 3.05) is 0 Å². The Hall–Kier alpha value is -2.01. The van der Waals surface area contributed by atoms with E-state index in [4.69, 9.17) is 21.4 Å². The SMILES string of the molecule is CCC(CC)(OC(=O)CC(=O)O)C1CCc2c([nH]c3c(Cl)cccc23)C1. The lowest BCUT2D eigenvalue weighted by Gasteiger charge is -2.41. The van der Waals surface area contributed by atoms with Gasteiger partial charge < -0.3 is 14.8 Å². The zero-order valence-electron chi connectivity index (χ0n) is 15.1. The fourth-order valence-electron chi connectivity index (χ4n) is 4.31. The van der Waals surface area contributed by atoms with Gasteiger partial charge in [-0.2, -0.15) is 0 Å². The topological polar surface area (TPSA) is 79.4 Å². The standard InChI is InChI=1S/C20H24ClNO4/c1-3-20(4-2,26-18(25)11-17(23)24)12-8-9-13-14-6-5-7-15(21)19(14)22-16(13)10-12/h5-7,12,22H,3-4,8-11H2,1-2H3,(H,23,24). The van der Waals surface area contributed by atoms with Crippen molar-refractivity contribution in [1.29, 1.82) is 0 Å². The highest BCUT2D eigenvalue weighted by atomic mass is 35.5. The van der Waals surface area contributed by atoms with Crippen LogP contribution in [0.25, 0.3) is 10.9 Å². The fourth-order valence-corrected chi connectivity index (χ4v) is 4.53. The molecule has 2 aromatic rings. The van der Waals surface area contributed by atoms with Gasteiger partial charge in [0.25, 0.3) is 0 Å². The van der Waals surface area contributed by atoms with Crippen molar-refractivity contribution in [3.05, 3.63) is 34.5 Å². The number of nitrogens with one attached hydrogen (secondary N) is 1. The van der Waals surface area contributed by atoms with E-state index in [0.717, 1.165) is 35.9 Å². The summed E-state index contributed by atoms with van der Waals surface area (Å²) in [7, 11) is 0. The van der Waals surface area contributed by atoms with E-state index in [1.54, 1.807) is 0 Å². The maximum absolute atomic E-state index is 12.0. The summed E-state index contributed by atoms with van der Waals surface area (Å²) in [5.41, 5.74) is 2.76. The van der Waals surface area contributed by atoms with E-state index in [9.17, 15) is 9.59 Å². The predicted molar refractivity (Wildman–Crippen MR) is 100 cm³/mol. The van der Waals surface area contributed by atoms with Gasteiger partial charge in [-0.15, -0.1) is 0 Å². The van der Waals surface area contributed by atoms with Crippen molar-refractivity contribution in [2.24, 2.45) is 5.92 Å². The lowest BCUT2D eigenvalue weighted by Crippen LogP contribution is -2.44. The van der Waals surface area contributed by atoms with Gasteiger partial charge in [-0.25, -0.2) is 0 Å². The largest absolute Gasteiger partial charge is 0.481 e. The minimum Gasteiger partial charge on any atom is -0.481 e. The van der Waals surface area contributed by atoms with Gasteiger partial charge in [-0.1, -0.05) is 37.6 Å². The molecule has 0 radical (unpaired) electrons. The average molecular weight is 378 g/mol. The van der Waals surface area contributed by atoms with E-state index in [-0.39, 0.29) is 5.92 Å². The van der Waals surface area contributed by atoms with Gasteiger partial charge in [0, 0.05) is 17.0 Å². The number of aryl methyl sites for hydroxylation is 1. The van der Waals surface area contributed by atoms with Crippen LogP contribution in [0, 0.1) is 5.92 Å². The molecule has 0 amide bonds. The summed E-state index contributed by atoms with van der Waals surface area (Å²) >= 11 is 6.32. The third-order valence-corrected chi connectivity index (χ3v) is 6.04. The lowest BCUT2D eigenvalue weighted by molar-refractivity contribution is -0.171. The van der Waals surface area contributed by atoms with E-state index in [1.807, 2.05) is 26.0 Å². The fraction of sp³-hybridized carbons (Fsp3) is 0.500. The number of hydrogen-bond donors (Lipinski definition) is 2. The number of carbonyl (C=O) groups excluding carboxylic acids is 1. The third kappa shape index (κ3) is 3.32. The first-order valence-electron chi connectivity index (χ1n) is 9.11. The summed E-state index contributed by atoms with van der Waals surface area (Å²) in [5.74, 6) is -1.67. The summed E-state index contributed by atoms with van der Waals surface area (Å²) in [6.45, 7) is 3.99. The number of para-hydroxylation sites is 1. The summed E-state index contributed by atoms with van der Waals surface area (Å²) in [4.78, 5) is 26.3. The molecule has 0 bridgehead atoms. The Balaban J connectivity index is 1.89. The van der Waals surface area contributed by atoms with E-state index >= 15 is 0 Å².